The molecule has 0 N–H and O–H groups in total. The van der Waals surface area contributed by atoms with Crippen molar-refractivity contribution < 1.29 is 4.21 Å². The van der Waals surface area contributed by atoms with Crippen LogP contribution in [0.2, 0.25) is 0 Å². The number of halogens is 1. The van der Waals surface area contributed by atoms with Crippen molar-refractivity contribution in [3.8, 4) is 0 Å². The predicted octanol–water partition coefficient (Wildman–Crippen LogP) is 3.47. The number of para-hydroxylation sites is 1. The van der Waals surface area contributed by atoms with Crippen LogP contribution >= 0.6 is 11.6 Å². The molecule has 0 bridgehead atoms. The zero-order valence-corrected chi connectivity index (χ0v) is 11.2. The Hall–Kier alpha value is -0.540. The second-order valence-corrected chi connectivity index (χ2v) is 6.91. The minimum atomic E-state index is -1.08. The van der Waals surface area contributed by atoms with E-state index in [1.54, 1.807) is 0 Å². The summed E-state index contributed by atoms with van der Waals surface area (Å²) < 4.78 is 12.2. The Kier molecular flexibility index (Phi) is 3.14. The molecule has 1 saturated carbocycles. The fraction of sp³-hybridized carbons (Fsp3) is 0.538. The van der Waals surface area contributed by atoms with Crippen LogP contribution in [0, 0.1) is 0 Å². The minimum absolute atomic E-state index is 0.379. The number of benzene rings is 1. The molecule has 0 radical (unpaired) electrons. The fourth-order valence-corrected chi connectivity index (χ4v) is 4.73. The molecule has 3 rings (SSSR count). The monoisotopic (exact) mass is 269 g/mol. The lowest BCUT2D eigenvalue weighted by Crippen LogP contribution is -2.40. The number of anilines is 1. The average molecular weight is 270 g/mol. The van der Waals surface area contributed by atoms with Gasteiger partial charge in [0.1, 0.15) is 0 Å². The molecule has 0 amide bonds. The van der Waals surface area contributed by atoms with Gasteiger partial charge in [-0.25, -0.2) is 0 Å². The highest BCUT2D eigenvalue weighted by Crippen LogP contribution is 2.41. The quantitative estimate of drug-likeness (QED) is 0.575. The van der Waals surface area contributed by atoms with Gasteiger partial charge in [0.2, 0.25) is 0 Å². The van der Waals surface area contributed by atoms with Crippen LogP contribution in [0.15, 0.2) is 29.2 Å². The van der Waals surface area contributed by atoms with Gasteiger partial charge in [0, 0.05) is 6.04 Å². The van der Waals surface area contributed by atoms with Crippen molar-refractivity contribution in [2.45, 2.75) is 47.9 Å². The molecule has 1 aromatic carbocycles. The largest absolute Gasteiger partial charge is 0.341 e. The highest BCUT2D eigenvalue weighted by molar-refractivity contribution is 7.87. The normalized spacial score (nSPS) is 29.4. The maximum atomic E-state index is 12.2. The van der Waals surface area contributed by atoms with E-state index in [0.29, 0.717) is 6.04 Å². The van der Waals surface area contributed by atoms with E-state index in [9.17, 15) is 4.21 Å². The van der Waals surface area contributed by atoms with Gasteiger partial charge in [-0.1, -0.05) is 43.0 Å². The van der Waals surface area contributed by atoms with E-state index in [1.165, 1.54) is 32.1 Å². The smallest absolute Gasteiger partial charge is 0.185 e. The van der Waals surface area contributed by atoms with Crippen LogP contribution in [0.25, 0.3) is 0 Å². The topological polar surface area (TPSA) is 20.3 Å². The van der Waals surface area contributed by atoms with Crippen LogP contribution in [0.5, 0.6) is 0 Å². The molecule has 0 spiro atoms. The summed E-state index contributed by atoms with van der Waals surface area (Å²) in [6.07, 6.45) is 6.20. The molecule has 1 aliphatic heterocycles. The van der Waals surface area contributed by atoms with Crippen molar-refractivity contribution in [2.24, 2.45) is 0 Å². The molecule has 4 heteroatoms. The Morgan fingerprint density at radius 3 is 2.65 bits per heavy atom. The van der Waals surface area contributed by atoms with Crippen molar-refractivity contribution >= 4 is 28.1 Å². The predicted molar refractivity (Wildman–Crippen MR) is 71.8 cm³/mol. The van der Waals surface area contributed by atoms with Crippen LogP contribution in [0.3, 0.4) is 0 Å². The van der Waals surface area contributed by atoms with Gasteiger partial charge in [0.05, 0.1) is 21.4 Å². The third kappa shape index (κ3) is 1.89. The Morgan fingerprint density at radius 2 is 1.88 bits per heavy atom. The fourth-order valence-electron chi connectivity index (χ4n) is 2.88. The van der Waals surface area contributed by atoms with Crippen LogP contribution in [0.4, 0.5) is 5.69 Å². The lowest BCUT2D eigenvalue weighted by molar-refractivity contribution is 0.421. The molecule has 2 aliphatic rings. The summed E-state index contributed by atoms with van der Waals surface area (Å²) in [5.74, 6) is 0. The van der Waals surface area contributed by atoms with Gasteiger partial charge < -0.3 is 4.90 Å². The zero-order valence-electron chi connectivity index (χ0n) is 9.64. The van der Waals surface area contributed by atoms with Gasteiger partial charge in [-0.15, -0.1) is 0 Å². The van der Waals surface area contributed by atoms with Crippen molar-refractivity contribution in [2.75, 3.05) is 4.90 Å². The van der Waals surface area contributed by atoms with E-state index in [1.807, 2.05) is 24.3 Å². The number of alkyl halides is 1. The van der Waals surface area contributed by atoms with Crippen LogP contribution in [-0.2, 0) is 10.8 Å². The maximum absolute atomic E-state index is 12.2. The number of hydrogen-bond acceptors (Lipinski definition) is 2. The van der Waals surface area contributed by atoms with Crippen LogP contribution in [-0.4, -0.2) is 15.1 Å². The molecule has 0 aromatic heterocycles. The first-order valence-electron chi connectivity index (χ1n) is 6.21. The molecule has 1 aliphatic carbocycles. The van der Waals surface area contributed by atoms with Gasteiger partial charge in [0.25, 0.3) is 0 Å². The Morgan fingerprint density at radius 1 is 1.18 bits per heavy atom. The Balaban J connectivity index is 1.96. The first-order valence-corrected chi connectivity index (χ1v) is 7.86. The van der Waals surface area contributed by atoms with Crippen molar-refractivity contribution in [3.05, 3.63) is 24.3 Å². The second kappa shape index (κ2) is 4.62. The van der Waals surface area contributed by atoms with Crippen molar-refractivity contribution in [1.29, 1.82) is 0 Å². The average Bonchev–Trinajstić information content (AvgIpc) is 2.64. The molecule has 0 saturated heterocycles. The standard InChI is InChI=1S/C13H16ClNOS/c14-13-15(10-6-2-1-3-7-10)11-8-4-5-9-12(11)17(13)16/h4-5,8-10,13H,1-3,6-7H2. The van der Waals surface area contributed by atoms with Gasteiger partial charge in [0.15, 0.2) is 4.83 Å². The lowest BCUT2D eigenvalue weighted by Gasteiger charge is -2.34. The lowest BCUT2D eigenvalue weighted by atomic mass is 9.94. The molecule has 92 valence electrons. The highest BCUT2D eigenvalue weighted by atomic mass is 35.5. The van der Waals surface area contributed by atoms with Gasteiger partial charge >= 0.3 is 0 Å². The molecule has 2 atom stereocenters. The number of rotatable bonds is 1. The number of fused-ring (bicyclic) bond motifs is 1. The van der Waals surface area contributed by atoms with E-state index in [0.717, 1.165) is 10.6 Å². The van der Waals surface area contributed by atoms with Gasteiger partial charge in [-0.2, -0.15) is 0 Å². The molecule has 1 aromatic rings. The summed E-state index contributed by atoms with van der Waals surface area (Å²) >= 11 is 6.35. The Labute approximate surface area is 109 Å². The van der Waals surface area contributed by atoms with Crippen LogP contribution in [0.1, 0.15) is 32.1 Å². The second-order valence-electron chi connectivity index (χ2n) is 4.76. The zero-order chi connectivity index (χ0) is 11.8. The molecular weight excluding hydrogens is 254 g/mol. The molecule has 17 heavy (non-hydrogen) atoms. The van der Waals surface area contributed by atoms with Gasteiger partial charge in [-0.3, -0.25) is 4.21 Å². The van der Waals surface area contributed by atoms with E-state index in [4.69, 9.17) is 11.6 Å². The summed E-state index contributed by atoms with van der Waals surface area (Å²) in [5.41, 5.74) is 1.08. The first kappa shape index (κ1) is 11.5. The molecule has 1 fully saturated rings. The summed E-state index contributed by atoms with van der Waals surface area (Å²) in [6, 6.07) is 8.39. The maximum Gasteiger partial charge on any atom is 0.185 e. The summed E-state index contributed by atoms with van der Waals surface area (Å²) in [6.45, 7) is 0. The molecule has 2 nitrogen and oxygen atoms in total. The summed E-state index contributed by atoms with van der Waals surface area (Å²) in [5, 5.41) is 0. The van der Waals surface area contributed by atoms with E-state index in [-0.39, 0.29) is 4.83 Å². The number of nitrogens with zero attached hydrogens (tertiary/aromatic N) is 1. The SMILES string of the molecule is O=S1c2ccccc2N(C2CCCCC2)C1Cl. The van der Waals surface area contributed by atoms with E-state index in [2.05, 4.69) is 4.90 Å². The van der Waals surface area contributed by atoms with E-state index < -0.39 is 10.8 Å². The van der Waals surface area contributed by atoms with E-state index >= 15 is 0 Å². The molecule has 1 heterocycles. The van der Waals surface area contributed by atoms with Crippen molar-refractivity contribution in [3.63, 3.8) is 0 Å². The highest BCUT2D eigenvalue weighted by Gasteiger charge is 2.38. The third-order valence-corrected chi connectivity index (χ3v) is 5.78. The third-order valence-electron chi connectivity index (χ3n) is 3.72. The molecule has 2 unspecified atom stereocenters. The summed E-state index contributed by atoms with van der Waals surface area (Å²) in [7, 11) is -1.08. The Bertz CT molecular complexity index is 445. The molecular formula is C13H16ClNOS. The van der Waals surface area contributed by atoms with Gasteiger partial charge in [-0.05, 0) is 25.0 Å². The first-order chi connectivity index (χ1) is 8.29. The minimum Gasteiger partial charge on any atom is -0.341 e. The van der Waals surface area contributed by atoms with Crippen molar-refractivity contribution in [1.82, 2.24) is 0 Å². The van der Waals surface area contributed by atoms with Crippen LogP contribution < -0.4 is 4.90 Å². The summed E-state index contributed by atoms with van der Waals surface area (Å²) in [4.78, 5) is 2.71. The number of hydrogen-bond donors (Lipinski definition) is 0.